The maximum absolute atomic E-state index is 12.1. The van der Waals surface area contributed by atoms with E-state index in [4.69, 9.17) is 4.74 Å². The van der Waals surface area contributed by atoms with Gasteiger partial charge in [-0.05, 0) is 24.3 Å². The number of anilines is 1. The molecule has 118 valence electrons. The first-order chi connectivity index (χ1) is 11.2. The molecule has 0 aromatic carbocycles. The molecule has 0 spiro atoms. The van der Waals surface area contributed by atoms with Crippen LogP contribution in [0.4, 0.5) is 5.95 Å². The first kappa shape index (κ1) is 15.0. The Morgan fingerprint density at radius 1 is 1.30 bits per heavy atom. The second kappa shape index (κ2) is 6.91. The van der Waals surface area contributed by atoms with Gasteiger partial charge in [0.15, 0.2) is 0 Å². The highest BCUT2D eigenvalue weighted by Crippen LogP contribution is 2.15. The van der Waals surface area contributed by atoms with Crippen molar-refractivity contribution in [1.82, 2.24) is 14.5 Å². The van der Waals surface area contributed by atoms with E-state index in [2.05, 4.69) is 15.3 Å². The molecule has 6 nitrogen and oxygen atoms in total. The van der Waals surface area contributed by atoms with Gasteiger partial charge in [-0.3, -0.25) is 14.3 Å². The van der Waals surface area contributed by atoms with E-state index < -0.39 is 0 Å². The molecular weight excluding hydrogens is 292 g/mol. The molecule has 3 heterocycles. The highest BCUT2D eigenvalue weighted by Gasteiger charge is 2.09. The average molecular weight is 310 g/mol. The summed E-state index contributed by atoms with van der Waals surface area (Å²) in [5.74, 6) is 0.541. The summed E-state index contributed by atoms with van der Waals surface area (Å²) in [6, 6.07) is 5.19. The van der Waals surface area contributed by atoms with Crippen LogP contribution in [0.1, 0.15) is 6.42 Å². The number of nitrogens with one attached hydrogen (secondary N) is 1. The Kier molecular flexibility index (Phi) is 4.52. The number of hydrogen-bond donors (Lipinski definition) is 1. The molecule has 1 aliphatic rings. The molecule has 0 radical (unpaired) electrons. The highest BCUT2D eigenvalue weighted by atomic mass is 16.5. The van der Waals surface area contributed by atoms with Crippen LogP contribution in [0.15, 0.2) is 59.9 Å². The minimum absolute atomic E-state index is 0.0490. The van der Waals surface area contributed by atoms with Crippen molar-refractivity contribution in [3.05, 3.63) is 65.4 Å². The second-order valence-electron chi connectivity index (χ2n) is 5.20. The van der Waals surface area contributed by atoms with Crippen LogP contribution in [0.3, 0.4) is 0 Å². The van der Waals surface area contributed by atoms with E-state index in [-0.39, 0.29) is 11.7 Å². The zero-order chi connectivity index (χ0) is 16.1. The summed E-state index contributed by atoms with van der Waals surface area (Å²) in [6.45, 7) is 0.656. The number of ether oxygens (including phenoxy) is 1. The van der Waals surface area contributed by atoms with Gasteiger partial charge in [0.05, 0.1) is 12.0 Å². The van der Waals surface area contributed by atoms with Crippen LogP contribution in [0.2, 0.25) is 0 Å². The third kappa shape index (κ3) is 3.66. The molecule has 0 saturated heterocycles. The lowest BCUT2D eigenvalue weighted by atomic mass is 10.2. The number of aromatic nitrogens is 3. The predicted molar refractivity (Wildman–Crippen MR) is 89.0 cm³/mol. The molecule has 0 aliphatic carbocycles. The van der Waals surface area contributed by atoms with Crippen molar-refractivity contribution in [2.75, 3.05) is 11.9 Å². The Morgan fingerprint density at radius 2 is 2.13 bits per heavy atom. The molecule has 1 N–H and O–H groups in total. The zero-order valence-electron chi connectivity index (χ0n) is 12.8. The predicted octanol–water partition coefficient (Wildman–Crippen LogP) is 2.11. The van der Waals surface area contributed by atoms with E-state index in [1.807, 2.05) is 30.4 Å². The first-order valence-electron chi connectivity index (χ1n) is 7.45. The van der Waals surface area contributed by atoms with Gasteiger partial charge in [0.2, 0.25) is 5.95 Å². The topological polar surface area (TPSA) is 69.0 Å². The first-order valence-corrected chi connectivity index (χ1v) is 7.45. The monoisotopic (exact) mass is 310 g/mol. The molecule has 0 bridgehead atoms. The Labute approximate surface area is 134 Å². The molecule has 0 amide bonds. The Hall–Kier alpha value is -2.89. The molecular formula is C17H18N4O2. The fourth-order valence-corrected chi connectivity index (χ4v) is 2.28. The van der Waals surface area contributed by atoms with Crippen molar-refractivity contribution in [1.29, 1.82) is 0 Å². The van der Waals surface area contributed by atoms with Crippen LogP contribution in [0, 0.1) is 0 Å². The smallest absolute Gasteiger partial charge is 0.255 e. The molecule has 0 fully saturated rings. The number of nitrogens with zero attached hydrogens (tertiary/aromatic N) is 3. The lowest BCUT2D eigenvalue weighted by Crippen LogP contribution is -2.23. The summed E-state index contributed by atoms with van der Waals surface area (Å²) in [5, 5.41) is 3.21. The quantitative estimate of drug-likeness (QED) is 0.916. The Bertz CT molecular complexity index is 781. The number of hydrogen-bond acceptors (Lipinski definition) is 5. The summed E-state index contributed by atoms with van der Waals surface area (Å²) in [4.78, 5) is 20.6. The summed E-state index contributed by atoms with van der Waals surface area (Å²) in [7, 11) is 1.70. The maximum Gasteiger partial charge on any atom is 0.255 e. The van der Waals surface area contributed by atoms with Gasteiger partial charge in [0.25, 0.3) is 5.56 Å². The van der Waals surface area contributed by atoms with Crippen molar-refractivity contribution in [2.45, 2.75) is 12.5 Å². The average Bonchev–Trinajstić information content (AvgIpc) is 2.60. The summed E-state index contributed by atoms with van der Waals surface area (Å²) >= 11 is 0. The van der Waals surface area contributed by atoms with E-state index in [1.165, 1.54) is 10.6 Å². The molecule has 2 aromatic rings. The van der Waals surface area contributed by atoms with Gasteiger partial charge in [-0.2, -0.15) is 0 Å². The largest absolute Gasteiger partial charge is 0.494 e. The number of allylic oxidation sites excluding steroid dienone is 2. The van der Waals surface area contributed by atoms with E-state index in [9.17, 15) is 4.79 Å². The number of pyridine rings is 1. The van der Waals surface area contributed by atoms with E-state index >= 15 is 0 Å². The molecule has 1 aliphatic heterocycles. The van der Waals surface area contributed by atoms with Gasteiger partial charge in [-0.25, -0.2) is 4.98 Å². The van der Waals surface area contributed by atoms with E-state index in [0.717, 1.165) is 12.0 Å². The third-order valence-electron chi connectivity index (χ3n) is 3.59. The van der Waals surface area contributed by atoms with Crippen molar-refractivity contribution >= 4 is 5.95 Å². The molecule has 1 unspecified atom stereocenters. The molecule has 6 heteroatoms. The van der Waals surface area contributed by atoms with E-state index in [1.54, 1.807) is 25.7 Å². The van der Waals surface area contributed by atoms with Crippen LogP contribution in [-0.4, -0.2) is 27.2 Å². The Morgan fingerprint density at radius 3 is 2.87 bits per heavy atom. The van der Waals surface area contributed by atoms with Gasteiger partial charge in [-0.1, -0.05) is 6.08 Å². The lowest BCUT2D eigenvalue weighted by Gasteiger charge is -2.16. The van der Waals surface area contributed by atoms with Crippen molar-refractivity contribution in [2.24, 2.45) is 7.05 Å². The summed E-state index contributed by atoms with van der Waals surface area (Å²) in [6.07, 6.45) is 11.7. The standard InChI is InChI=1S/C17H18N4O2/c1-21-16(22)12-15(13-5-8-18-9-6-13)20-17(21)19-10-7-14-4-2-3-11-23-14/h2-6,8-9,11-12,14H,7,10H2,1H3,(H,19,20). The van der Waals surface area contributed by atoms with Gasteiger partial charge in [0.1, 0.15) is 6.10 Å². The van der Waals surface area contributed by atoms with Crippen LogP contribution in [-0.2, 0) is 11.8 Å². The fraction of sp³-hybridized carbons (Fsp3) is 0.235. The normalized spacial score (nSPS) is 16.1. The number of rotatable bonds is 5. The van der Waals surface area contributed by atoms with Crippen molar-refractivity contribution in [3.63, 3.8) is 0 Å². The molecule has 23 heavy (non-hydrogen) atoms. The van der Waals surface area contributed by atoms with Crippen LogP contribution < -0.4 is 10.9 Å². The van der Waals surface area contributed by atoms with Crippen molar-refractivity contribution in [3.8, 4) is 11.3 Å². The SMILES string of the molecule is Cn1c(NCCC2C=CC=CO2)nc(-c2ccncc2)cc1=O. The van der Waals surface area contributed by atoms with Gasteiger partial charge < -0.3 is 10.1 Å². The van der Waals surface area contributed by atoms with Gasteiger partial charge in [-0.15, -0.1) is 0 Å². The Balaban J connectivity index is 1.73. The highest BCUT2D eigenvalue weighted by molar-refractivity contribution is 5.59. The maximum atomic E-state index is 12.1. The van der Waals surface area contributed by atoms with Crippen LogP contribution >= 0.6 is 0 Å². The fourth-order valence-electron chi connectivity index (χ4n) is 2.28. The summed E-state index contributed by atoms with van der Waals surface area (Å²) in [5.41, 5.74) is 1.39. The molecule has 3 rings (SSSR count). The van der Waals surface area contributed by atoms with Gasteiger partial charge >= 0.3 is 0 Å². The van der Waals surface area contributed by atoms with Crippen LogP contribution in [0.5, 0.6) is 0 Å². The molecule has 0 saturated carbocycles. The van der Waals surface area contributed by atoms with E-state index in [0.29, 0.717) is 18.2 Å². The summed E-state index contributed by atoms with van der Waals surface area (Å²) < 4.78 is 6.96. The van der Waals surface area contributed by atoms with Crippen molar-refractivity contribution < 1.29 is 4.74 Å². The second-order valence-corrected chi connectivity index (χ2v) is 5.20. The third-order valence-corrected chi connectivity index (χ3v) is 3.59. The van der Waals surface area contributed by atoms with Crippen LogP contribution in [0.25, 0.3) is 11.3 Å². The molecule has 2 aromatic heterocycles. The zero-order valence-corrected chi connectivity index (χ0v) is 12.8. The lowest BCUT2D eigenvalue weighted by molar-refractivity contribution is 0.177. The molecule has 1 atom stereocenters. The minimum Gasteiger partial charge on any atom is -0.494 e. The van der Waals surface area contributed by atoms with Gasteiger partial charge in [0, 0.05) is 44.0 Å². The minimum atomic E-state index is -0.106.